The molecule has 0 radical (unpaired) electrons. The molecule has 3 nitrogen and oxygen atoms in total. The van der Waals surface area contributed by atoms with Crippen LogP contribution >= 0.6 is 0 Å². The summed E-state index contributed by atoms with van der Waals surface area (Å²) in [7, 11) is 0. The normalized spacial score (nSPS) is 12.0. The molecule has 0 heterocycles. The lowest BCUT2D eigenvalue weighted by molar-refractivity contribution is -0.128. The van der Waals surface area contributed by atoms with Gasteiger partial charge in [-0.3, -0.25) is 4.79 Å². The lowest BCUT2D eigenvalue weighted by atomic mass is 9.98. The minimum Gasteiger partial charge on any atom is -0.468 e. The van der Waals surface area contributed by atoms with Gasteiger partial charge in [0, 0.05) is 13.0 Å². The summed E-state index contributed by atoms with van der Waals surface area (Å²) in [6, 6.07) is 0. The molecule has 0 saturated carbocycles. The van der Waals surface area contributed by atoms with E-state index in [2.05, 4.69) is 40.5 Å². The number of rotatable bonds is 11. The molecule has 0 aliphatic heterocycles. The van der Waals surface area contributed by atoms with Gasteiger partial charge in [-0.25, -0.2) is 0 Å². The average Bonchev–Trinajstić information content (AvgIpc) is 2.50. The smallest absolute Gasteiger partial charge is 0.293 e. The van der Waals surface area contributed by atoms with Gasteiger partial charge in [-0.2, -0.15) is 0 Å². The van der Waals surface area contributed by atoms with E-state index < -0.39 is 0 Å². The Hall–Kier alpha value is -1.61. The third-order valence-corrected chi connectivity index (χ3v) is 3.00. The lowest BCUT2D eigenvalue weighted by Gasteiger charge is -2.17. The van der Waals surface area contributed by atoms with Gasteiger partial charge in [-0.1, -0.05) is 51.2 Å². The Morgan fingerprint density at radius 1 is 1.12 bits per heavy atom. The molecule has 0 spiro atoms. The first kappa shape index (κ1) is 24.6. The number of carbonyl (C=O) groups excluding carboxylic acids is 1. The van der Waals surface area contributed by atoms with Gasteiger partial charge < -0.3 is 9.47 Å². The number of carbonyl (C=O) groups is 1. The van der Waals surface area contributed by atoms with Gasteiger partial charge in [-0.05, 0) is 44.3 Å². The zero-order chi connectivity index (χ0) is 19.1. The Balaban J connectivity index is 0. The summed E-state index contributed by atoms with van der Waals surface area (Å²) in [5, 5.41) is 0. The van der Waals surface area contributed by atoms with Crippen LogP contribution in [0.1, 0.15) is 54.4 Å². The fraction of sp³-hybridized carbons (Fsp3) is 0.571. The van der Waals surface area contributed by atoms with E-state index in [1.165, 1.54) is 5.57 Å². The quantitative estimate of drug-likeness (QED) is 0.212. The maximum atomic E-state index is 10.2. The van der Waals surface area contributed by atoms with Crippen LogP contribution < -0.4 is 0 Å². The number of hydrogen-bond donors (Lipinski definition) is 0. The molecule has 0 saturated heterocycles. The van der Waals surface area contributed by atoms with E-state index in [9.17, 15) is 4.79 Å². The number of ether oxygens (including phenoxy) is 2. The van der Waals surface area contributed by atoms with Gasteiger partial charge in [0.2, 0.25) is 0 Å². The summed E-state index contributed by atoms with van der Waals surface area (Å²) in [6.07, 6.45) is 3.50. The van der Waals surface area contributed by atoms with Crippen molar-refractivity contribution in [1.82, 2.24) is 0 Å². The Labute approximate surface area is 149 Å². The minimum absolute atomic E-state index is 0.0240. The fourth-order valence-corrected chi connectivity index (χ4v) is 1.58. The molecule has 138 valence electrons. The number of hydrogen-bond acceptors (Lipinski definition) is 3. The minimum atomic E-state index is -0.0240. The summed E-state index contributed by atoms with van der Waals surface area (Å²) >= 11 is 0. The van der Waals surface area contributed by atoms with Crippen LogP contribution in [0.25, 0.3) is 0 Å². The molecule has 3 heteroatoms. The summed E-state index contributed by atoms with van der Waals surface area (Å²) in [5.74, 6) is 0.500. The molecule has 1 atom stereocenters. The molecule has 24 heavy (non-hydrogen) atoms. The van der Waals surface area contributed by atoms with Gasteiger partial charge in [0.15, 0.2) is 0 Å². The summed E-state index contributed by atoms with van der Waals surface area (Å²) in [4.78, 5) is 10.2. The van der Waals surface area contributed by atoms with Crippen LogP contribution in [0.5, 0.6) is 0 Å². The van der Waals surface area contributed by atoms with Crippen molar-refractivity contribution in [1.29, 1.82) is 0 Å². The Bertz CT molecular complexity index is 426. The van der Waals surface area contributed by atoms with Crippen molar-refractivity contribution in [3.8, 4) is 0 Å². The third-order valence-electron chi connectivity index (χ3n) is 3.00. The van der Waals surface area contributed by atoms with Crippen molar-refractivity contribution in [2.75, 3.05) is 13.2 Å². The standard InChI is InChI=1S/C17H28O3.C4H8/c1-7-14(4)17(8-9-19-12-18)10-15(5)16(6)20-11-13(2)3;1-4(2)3/h10,12-13,16H,4-5,7-9,11H2,1-3,6H3;1H2,2-3H3/b17-10-;. The van der Waals surface area contributed by atoms with Gasteiger partial charge >= 0.3 is 0 Å². The van der Waals surface area contributed by atoms with Crippen molar-refractivity contribution in [3.63, 3.8) is 0 Å². The topological polar surface area (TPSA) is 35.5 Å². The zero-order valence-corrected chi connectivity index (χ0v) is 16.5. The van der Waals surface area contributed by atoms with Crippen LogP contribution in [0, 0.1) is 5.92 Å². The Kier molecular flexibility index (Phi) is 15.3. The van der Waals surface area contributed by atoms with E-state index in [0.717, 1.165) is 23.1 Å². The van der Waals surface area contributed by atoms with Crippen LogP contribution in [0.15, 0.2) is 48.1 Å². The van der Waals surface area contributed by atoms with E-state index in [1.54, 1.807) is 0 Å². The Morgan fingerprint density at radius 3 is 2.08 bits per heavy atom. The highest BCUT2D eigenvalue weighted by molar-refractivity contribution is 5.38. The van der Waals surface area contributed by atoms with Crippen molar-refractivity contribution in [2.24, 2.45) is 5.92 Å². The lowest BCUT2D eigenvalue weighted by Crippen LogP contribution is -2.14. The largest absolute Gasteiger partial charge is 0.468 e. The number of allylic oxidation sites excluding steroid dienone is 2. The zero-order valence-electron chi connectivity index (χ0n) is 16.5. The highest BCUT2D eigenvalue weighted by Crippen LogP contribution is 2.20. The highest BCUT2D eigenvalue weighted by atomic mass is 16.5. The maximum Gasteiger partial charge on any atom is 0.293 e. The average molecular weight is 337 g/mol. The monoisotopic (exact) mass is 336 g/mol. The molecule has 0 aliphatic carbocycles. The predicted octanol–water partition coefficient (Wildman–Crippen LogP) is 5.64. The Morgan fingerprint density at radius 2 is 1.67 bits per heavy atom. The predicted molar refractivity (Wildman–Crippen MR) is 104 cm³/mol. The summed E-state index contributed by atoms with van der Waals surface area (Å²) < 4.78 is 10.5. The van der Waals surface area contributed by atoms with Crippen molar-refractivity contribution in [2.45, 2.75) is 60.5 Å². The molecule has 0 aromatic rings. The fourth-order valence-electron chi connectivity index (χ4n) is 1.58. The maximum absolute atomic E-state index is 10.2. The first-order chi connectivity index (χ1) is 11.1. The highest BCUT2D eigenvalue weighted by Gasteiger charge is 2.09. The van der Waals surface area contributed by atoms with Crippen molar-refractivity contribution >= 4 is 6.47 Å². The molecule has 0 aromatic heterocycles. The van der Waals surface area contributed by atoms with E-state index >= 15 is 0 Å². The van der Waals surface area contributed by atoms with Crippen LogP contribution in [-0.4, -0.2) is 25.8 Å². The van der Waals surface area contributed by atoms with Crippen LogP contribution in [0.4, 0.5) is 0 Å². The second-order valence-electron chi connectivity index (χ2n) is 6.50. The van der Waals surface area contributed by atoms with E-state index in [-0.39, 0.29) is 6.10 Å². The molecule has 0 fully saturated rings. The molecular weight excluding hydrogens is 300 g/mol. The van der Waals surface area contributed by atoms with Gasteiger partial charge in [0.1, 0.15) is 0 Å². The molecule has 0 bridgehead atoms. The molecule has 0 rings (SSSR count). The molecule has 0 amide bonds. The molecule has 0 aromatic carbocycles. The first-order valence-electron chi connectivity index (χ1n) is 8.52. The van der Waals surface area contributed by atoms with Crippen molar-refractivity contribution in [3.05, 3.63) is 48.1 Å². The van der Waals surface area contributed by atoms with E-state index in [1.807, 2.05) is 26.8 Å². The van der Waals surface area contributed by atoms with Crippen molar-refractivity contribution < 1.29 is 14.3 Å². The van der Waals surface area contributed by atoms with E-state index in [0.29, 0.717) is 32.0 Å². The van der Waals surface area contributed by atoms with Gasteiger partial charge in [-0.15, -0.1) is 6.58 Å². The van der Waals surface area contributed by atoms with Gasteiger partial charge in [0.05, 0.1) is 12.7 Å². The molecule has 0 aliphatic rings. The summed E-state index contributed by atoms with van der Waals surface area (Å²) in [6.45, 7) is 25.4. The molecule has 0 N–H and O–H groups in total. The SMILES string of the molecule is C=C(C)C.C=C(CC)/C(=C\C(=C)C(C)OCC(C)C)CCOC=O. The molecular formula is C21H36O3. The first-order valence-corrected chi connectivity index (χ1v) is 8.52. The van der Waals surface area contributed by atoms with Gasteiger partial charge in [0.25, 0.3) is 6.47 Å². The second-order valence-corrected chi connectivity index (χ2v) is 6.50. The van der Waals surface area contributed by atoms with Crippen LogP contribution in [-0.2, 0) is 14.3 Å². The third kappa shape index (κ3) is 15.3. The summed E-state index contributed by atoms with van der Waals surface area (Å²) in [5.41, 5.74) is 4.19. The van der Waals surface area contributed by atoms with Crippen LogP contribution in [0.2, 0.25) is 0 Å². The second kappa shape index (κ2) is 14.9. The van der Waals surface area contributed by atoms with Crippen LogP contribution in [0.3, 0.4) is 0 Å². The molecule has 1 unspecified atom stereocenters. The van der Waals surface area contributed by atoms with E-state index in [4.69, 9.17) is 9.47 Å².